The maximum Gasteiger partial charge on any atom is -0.0222 e. The average molecular weight is 291 g/mol. The molecule has 2 atom stereocenters. The van der Waals surface area contributed by atoms with Gasteiger partial charge < -0.3 is 0 Å². The van der Waals surface area contributed by atoms with Crippen LogP contribution in [0.4, 0.5) is 0 Å². The van der Waals surface area contributed by atoms with Gasteiger partial charge in [0.15, 0.2) is 0 Å². The van der Waals surface area contributed by atoms with Crippen LogP contribution in [-0.4, -0.2) is 0 Å². The largest absolute Gasteiger partial charge is 0.0837 e. The standard InChI is InChI=1S/C21H38/c1-6-8-11-16-21(5)17-12-14-19(18(3)4)13-9-10-15-20(21)7-2/h12-14,18,20H,6-11,15-17H2,1-5H3/b14-12-,19-13+. The second kappa shape index (κ2) is 9.49. The van der Waals surface area contributed by atoms with Crippen molar-refractivity contribution in [3.05, 3.63) is 23.8 Å². The van der Waals surface area contributed by atoms with Gasteiger partial charge in [-0.05, 0) is 54.9 Å². The monoisotopic (exact) mass is 290 g/mol. The third kappa shape index (κ3) is 6.01. The van der Waals surface area contributed by atoms with Crippen LogP contribution >= 0.6 is 0 Å². The molecule has 0 heteroatoms. The predicted octanol–water partition coefficient (Wildman–Crippen LogP) is 7.31. The summed E-state index contributed by atoms with van der Waals surface area (Å²) in [6.07, 6.45) is 19.6. The van der Waals surface area contributed by atoms with Crippen LogP contribution in [-0.2, 0) is 0 Å². The van der Waals surface area contributed by atoms with Crippen molar-refractivity contribution in [3.63, 3.8) is 0 Å². The fraction of sp³-hybridized carbons (Fsp3) is 0.810. The van der Waals surface area contributed by atoms with Crippen molar-refractivity contribution in [2.45, 2.75) is 92.4 Å². The normalized spacial score (nSPS) is 31.7. The molecule has 1 rings (SSSR count). The second-order valence-corrected chi connectivity index (χ2v) is 7.61. The molecule has 0 aliphatic heterocycles. The summed E-state index contributed by atoms with van der Waals surface area (Å²) in [5.41, 5.74) is 2.06. The van der Waals surface area contributed by atoms with Crippen LogP contribution in [0.25, 0.3) is 0 Å². The Balaban J connectivity index is 2.83. The first-order chi connectivity index (χ1) is 10.0. The third-order valence-electron chi connectivity index (χ3n) is 5.53. The molecule has 0 amide bonds. The Hall–Kier alpha value is -0.520. The van der Waals surface area contributed by atoms with Crippen LogP contribution in [0.15, 0.2) is 23.8 Å². The van der Waals surface area contributed by atoms with Gasteiger partial charge in [-0.3, -0.25) is 0 Å². The van der Waals surface area contributed by atoms with Gasteiger partial charge >= 0.3 is 0 Å². The highest BCUT2D eigenvalue weighted by atomic mass is 14.4. The Morgan fingerprint density at radius 3 is 2.62 bits per heavy atom. The van der Waals surface area contributed by atoms with Crippen LogP contribution in [0.2, 0.25) is 0 Å². The van der Waals surface area contributed by atoms with E-state index in [1.165, 1.54) is 57.8 Å². The van der Waals surface area contributed by atoms with Crippen molar-refractivity contribution in [2.75, 3.05) is 0 Å². The van der Waals surface area contributed by atoms with E-state index in [9.17, 15) is 0 Å². The maximum absolute atomic E-state index is 2.56. The van der Waals surface area contributed by atoms with Crippen LogP contribution < -0.4 is 0 Å². The molecular formula is C21H38. The van der Waals surface area contributed by atoms with E-state index >= 15 is 0 Å². The number of hydrogen-bond acceptors (Lipinski definition) is 0. The lowest BCUT2D eigenvalue weighted by Crippen LogP contribution is -2.27. The zero-order valence-corrected chi connectivity index (χ0v) is 15.3. The Kier molecular flexibility index (Phi) is 8.37. The minimum atomic E-state index is 0.514. The van der Waals surface area contributed by atoms with E-state index in [1.54, 1.807) is 5.57 Å². The van der Waals surface area contributed by atoms with Gasteiger partial charge in [0.1, 0.15) is 0 Å². The van der Waals surface area contributed by atoms with Crippen molar-refractivity contribution >= 4 is 0 Å². The smallest absolute Gasteiger partial charge is 0.0222 e. The lowest BCUT2D eigenvalue weighted by Gasteiger charge is -2.38. The summed E-state index contributed by atoms with van der Waals surface area (Å²) >= 11 is 0. The summed E-state index contributed by atoms with van der Waals surface area (Å²) < 4.78 is 0. The number of allylic oxidation sites excluding steroid dienone is 4. The minimum absolute atomic E-state index is 0.514. The molecule has 0 radical (unpaired) electrons. The molecule has 2 unspecified atom stereocenters. The zero-order valence-electron chi connectivity index (χ0n) is 15.3. The van der Waals surface area contributed by atoms with Crippen LogP contribution in [0.3, 0.4) is 0 Å². The molecule has 0 nitrogen and oxygen atoms in total. The highest BCUT2D eigenvalue weighted by Gasteiger charge is 2.31. The SMILES string of the molecule is CCCCCC1(C)C/C=C\C(C(C)C)=C/CCCC1CC. The van der Waals surface area contributed by atoms with E-state index in [4.69, 9.17) is 0 Å². The minimum Gasteiger partial charge on any atom is -0.0837 e. The van der Waals surface area contributed by atoms with Crippen molar-refractivity contribution in [3.8, 4) is 0 Å². The second-order valence-electron chi connectivity index (χ2n) is 7.61. The molecule has 21 heavy (non-hydrogen) atoms. The Morgan fingerprint density at radius 2 is 2.00 bits per heavy atom. The fourth-order valence-electron chi connectivity index (χ4n) is 3.89. The molecule has 0 saturated heterocycles. The van der Waals surface area contributed by atoms with Crippen molar-refractivity contribution in [1.29, 1.82) is 0 Å². The molecule has 1 aliphatic rings. The molecule has 0 aromatic heterocycles. The third-order valence-corrected chi connectivity index (χ3v) is 5.53. The summed E-state index contributed by atoms with van der Waals surface area (Å²) in [7, 11) is 0. The van der Waals surface area contributed by atoms with E-state index in [-0.39, 0.29) is 0 Å². The fourth-order valence-corrected chi connectivity index (χ4v) is 3.89. The van der Waals surface area contributed by atoms with Crippen molar-refractivity contribution in [1.82, 2.24) is 0 Å². The van der Waals surface area contributed by atoms with Gasteiger partial charge in [0.2, 0.25) is 0 Å². The van der Waals surface area contributed by atoms with Gasteiger partial charge in [-0.15, -0.1) is 0 Å². The number of rotatable bonds is 6. The molecule has 0 aromatic rings. The van der Waals surface area contributed by atoms with Crippen molar-refractivity contribution in [2.24, 2.45) is 17.3 Å². The van der Waals surface area contributed by atoms with Gasteiger partial charge in [0.05, 0.1) is 0 Å². The van der Waals surface area contributed by atoms with E-state index in [0.717, 1.165) is 5.92 Å². The molecule has 0 spiro atoms. The molecule has 0 heterocycles. The summed E-state index contributed by atoms with van der Waals surface area (Å²) in [5.74, 6) is 1.56. The molecule has 0 aromatic carbocycles. The molecule has 0 fully saturated rings. The van der Waals surface area contributed by atoms with E-state index < -0.39 is 0 Å². The van der Waals surface area contributed by atoms with Crippen LogP contribution in [0, 0.1) is 17.3 Å². The van der Waals surface area contributed by atoms with E-state index in [0.29, 0.717) is 11.3 Å². The first-order valence-corrected chi connectivity index (χ1v) is 9.40. The molecular weight excluding hydrogens is 252 g/mol. The molecule has 0 N–H and O–H groups in total. The van der Waals surface area contributed by atoms with Gasteiger partial charge in [0, 0.05) is 0 Å². The van der Waals surface area contributed by atoms with Crippen molar-refractivity contribution < 1.29 is 0 Å². The topological polar surface area (TPSA) is 0 Å². The first kappa shape index (κ1) is 18.5. The molecule has 0 saturated carbocycles. The van der Waals surface area contributed by atoms with Crippen LogP contribution in [0.1, 0.15) is 92.4 Å². The van der Waals surface area contributed by atoms with Gasteiger partial charge in [0.25, 0.3) is 0 Å². The molecule has 122 valence electrons. The molecule has 1 aliphatic carbocycles. The summed E-state index contributed by atoms with van der Waals surface area (Å²) in [4.78, 5) is 0. The lowest BCUT2D eigenvalue weighted by molar-refractivity contribution is 0.147. The lowest BCUT2D eigenvalue weighted by atomic mass is 9.67. The Morgan fingerprint density at radius 1 is 1.24 bits per heavy atom. The first-order valence-electron chi connectivity index (χ1n) is 9.40. The van der Waals surface area contributed by atoms with Gasteiger partial charge in [-0.25, -0.2) is 0 Å². The van der Waals surface area contributed by atoms with Crippen LogP contribution in [0.5, 0.6) is 0 Å². The number of unbranched alkanes of at least 4 members (excludes halogenated alkanes) is 2. The molecule has 0 bridgehead atoms. The summed E-state index contributed by atoms with van der Waals surface area (Å²) in [5, 5.41) is 0. The van der Waals surface area contributed by atoms with E-state index in [2.05, 4.69) is 52.8 Å². The highest BCUT2D eigenvalue weighted by molar-refractivity contribution is 5.21. The highest BCUT2D eigenvalue weighted by Crippen LogP contribution is 2.42. The summed E-state index contributed by atoms with van der Waals surface area (Å²) in [6, 6.07) is 0. The average Bonchev–Trinajstić information content (AvgIpc) is 2.45. The van der Waals surface area contributed by atoms with Gasteiger partial charge in [-0.1, -0.05) is 78.5 Å². The van der Waals surface area contributed by atoms with E-state index in [1.807, 2.05) is 0 Å². The Bertz CT molecular complexity index is 334. The van der Waals surface area contributed by atoms with Gasteiger partial charge in [-0.2, -0.15) is 0 Å². The maximum atomic E-state index is 2.56. The zero-order chi connectivity index (χ0) is 15.7. The number of hydrogen-bond donors (Lipinski definition) is 0. The quantitative estimate of drug-likeness (QED) is 0.450. The predicted molar refractivity (Wildman–Crippen MR) is 96.6 cm³/mol. The summed E-state index contributed by atoms with van der Waals surface area (Å²) in [6.45, 7) is 11.9. The Labute approximate surface area is 134 Å².